The molecule has 8 nitrogen and oxygen atoms in total. The largest absolute Gasteiger partial charge is 0.507 e. The Balaban J connectivity index is 1.64. The summed E-state index contributed by atoms with van der Waals surface area (Å²) in [6.07, 6.45) is -3.25. The van der Waals surface area contributed by atoms with E-state index in [1.165, 1.54) is 6.07 Å². The maximum Gasteiger partial charge on any atom is 0.416 e. The number of carbonyl (C=O) groups excluding carboxylic acids is 1. The van der Waals surface area contributed by atoms with Crippen LogP contribution < -0.4 is 16.4 Å². The van der Waals surface area contributed by atoms with Gasteiger partial charge in [-0.2, -0.15) is 13.2 Å². The van der Waals surface area contributed by atoms with Gasteiger partial charge >= 0.3 is 12.1 Å². The number of aromatic nitrogens is 2. The lowest BCUT2D eigenvalue weighted by Crippen LogP contribution is -2.49. The quantitative estimate of drug-likeness (QED) is 0.506. The highest BCUT2D eigenvalue weighted by atomic mass is 19.4. The number of nitrogens with two attached hydrogens (primary N) is 1. The topological polar surface area (TPSA) is 122 Å². The predicted molar refractivity (Wildman–Crippen MR) is 107 cm³/mol. The molecule has 5 N–H and O–H groups in total. The molecule has 2 aromatic rings. The number of piperidine rings is 1. The van der Waals surface area contributed by atoms with Crippen LogP contribution in [-0.2, 0) is 15.7 Å². The lowest BCUT2D eigenvalue weighted by atomic mass is 10.0. The molecule has 168 valence electrons. The minimum absolute atomic E-state index is 0.0116. The number of anilines is 1. The number of ether oxygens (including phenoxy) is 1. The molecule has 2 atom stereocenters. The molecule has 1 aromatic heterocycles. The van der Waals surface area contributed by atoms with Crippen molar-refractivity contribution in [3.63, 3.8) is 0 Å². The van der Waals surface area contributed by atoms with Crippen LogP contribution in [-0.4, -0.2) is 53.1 Å². The Kier molecular flexibility index (Phi) is 6.96. The minimum atomic E-state index is -4.54. The van der Waals surface area contributed by atoms with Crippen LogP contribution >= 0.6 is 0 Å². The fourth-order valence-corrected chi connectivity index (χ4v) is 3.38. The van der Waals surface area contributed by atoms with Gasteiger partial charge in [0.15, 0.2) is 0 Å². The van der Waals surface area contributed by atoms with Crippen LogP contribution in [0.25, 0.3) is 11.3 Å². The maximum atomic E-state index is 12.8. The molecule has 11 heteroatoms. The molecular weight excluding hydrogens is 415 g/mol. The van der Waals surface area contributed by atoms with Crippen LogP contribution in [0.2, 0.25) is 0 Å². The fourth-order valence-electron chi connectivity index (χ4n) is 3.38. The maximum absolute atomic E-state index is 12.8. The zero-order valence-corrected chi connectivity index (χ0v) is 16.9. The van der Waals surface area contributed by atoms with Crippen molar-refractivity contribution in [2.24, 2.45) is 5.73 Å². The third-order valence-electron chi connectivity index (χ3n) is 4.98. The number of hydrogen-bond acceptors (Lipinski definition) is 8. The number of nitrogens with zero attached hydrogens (tertiary/aromatic N) is 2. The number of alkyl halides is 3. The molecule has 0 aliphatic carbocycles. The second kappa shape index (κ2) is 9.48. The van der Waals surface area contributed by atoms with E-state index in [-0.39, 0.29) is 36.8 Å². The summed E-state index contributed by atoms with van der Waals surface area (Å²) in [5.74, 6) is -0.346. The second-order valence-electron chi connectivity index (χ2n) is 7.33. The molecule has 0 spiro atoms. The number of carbonyl (C=O) groups is 1. The zero-order chi connectivity index (χ0) is 22.6. The van der Waals surface area contributed by atoms with E-state index in [9.17, 15) is 23.1 Å². The van der Waals surface area contributed by atoms with Gasteiger partial charge in [-0.05, 0) is 49.6 Å². The number of rotatable bonds is 6. The summed E-state index contributed by atoms with van der Waals surface area (Å²) < 4.78 is 43.4. The van der Waals surface area contributed by atoms with Gasteiger partial charge in [-0.25, -0.2) is 0 Å². The molecule has 31 heavy (non-hydrogen) atoms. The van der Waals surface area contributed by atoms with E-state index in [1.54, 1.807) is 13.0 Å². The van der Waals surface area contributed by atoms with Crippen LogP contribution in [0.5, 0.6) is 5.75 Å². The molecular formula is C20H24F3N5O3. The van der Waals surface area contributed by atoms with Crippen LogP contribution in [0.4, 0.5) is 19.0 Å². The summed E-state index contributed by atoms with van der Waals surface area (Å²) in [6.45, 7) is 2.72. The first-order valence-electron chi connectivity index (χ1n) is 9.80. The summed E-state index contributed by atoms with van der Waals surface area (Å²) in [5, 5.41) is 24.6. The van der Waals surface area contributed by atoms with E-state index < -0.39 is 17.5 Å². The van der Waals surface area contributed by atoms with Crippen molar-refractivity contribution in [3.8, 4) is 17.0 Å². The zero-order valence-electron chi connectivity index (χ0n) is 16.9. The highest BCUT2D eigenvalue weighted by Crippen LogP contribution is 2.36. The predicted octanol–water partition coefficient (Wildman–Crippen LogP) is 2.21. The molecule has 2 heterocycles. The van der Waals surface area contributed by atoms with Gasteiger partial charge in [-0.3, -0.25) is 4.79 Å². The van der Waals surface area contributed by atoms with E-state index in [0.29, 0.717) is 42.5 Å². The molecule has 1 aromatic carbocycles. The van der Waals surface area contributed by atoms with Crippen LogP contribution in [0.1, 0.15) is 24.0 Å². The molecule has 3 rings (SSSR count). The van der Waals surface area contributed by atoms with Crippen molar-refractivity contribution in [2.45, 2.75) is 38.0 Å². The van der Waals surface area contributed by atoms with E-state index in [0.717, 1.165) is 6.07 Å². The van der Waals surface area contributed by atoms with E-state index in [4.69, 9.17) is 10.5 Å². The monoisotopic (exact) mass is 439 g/mol. The number of benzene rings is 1. The lowest BCUT2D eigenvalue weighted by molar-refractivity contribution is -0.146. The Bertz CT molecular complexity index is 931. The molecule has 0 unspecified atom stereocenters. The minimum Gasteiger partial charge on any atom is -0.507 e. The molecule has 0 saturated carbocycles. The normalized spacial score (nSPS) is 19.1. The Morgan fingerprint density at radius 3 is 2.68 bits per heavy atom. The van der Waals surface area contributed by atoms with E-state index in [2.05, 4.69) is 20.8 Å². The van der Waals surface area contributed by atoms with Gasteiger partial charge in [0.1, 0.15) is 24.2 Å². The van der Waals surface area contributed by atoms with Gasteiger partial charge < -0.3 is 26.2 Å². The van der Waals surface area contributed by atoms with Gasteiger partial charge in [-0.15, -0.1) is 10.2 Å². The second-order valence-corrected chi connectivity index (χ2v) is 7.33. The van der Waals surface area contributed by atoms with Crippen LogP contribution in [0.15, 0.2) is 24.3 Å². The Morgan fingerprint density at radius 2 is 2.10 bits per heavy atom. The van der Waals surface area contributed by atoms with Crippen molar-refractivity contribution in [1.29, 1.82) is 0 Å². The number of phenolic OH excluding ortho intramolecular Hbond substituents is 1. The Morgan fingerprint density at radius 1 is 1.32 bits per heavy atom. The molecule has 1 aliphatic rings. The molecule has 1 aliphatic heterocycles. The van der Waals surface area contributed by atoms with Crippen molar-refractivity contribution in [3.05, 3.63) is 35.4 Å². The molecule has 0 bridgehead atoms. The van der Waals surface area contributed by atoms with Crippen LogP contribution in [0.3, 0.4) is 0 Å². The standard InChI is InChI=1S/C20H24F3N5O3/c1-11-8-17(26-13-3-5-15(25-10-13)19(30)31-7-6-24)27-28-18(11)14-4-2-12(9-16(14)29)20(21,22)23/h2,4,8-9,13,15,25,29H,3,5-7,10,24H2,1H3,(H,26,27)/t13-,15+/m1/s1. The van der Waals surface area contributed by atoms with Crippen molar-refractivity contribution >= 4 is 11.8 Å². The fraction of sp³-hybridized carbons (Fsp3) is 0.450. The van der Waals surface area contributed by atoms with Gasteiger partial charge in [0.05, 0.1) is 11.3 Å². The summed E-state index contributed by atoms with van der Waals surface area (Å²) in [5.41, 5.74) is 5.49. The number of phenols is 1. The van der Waals surface area contributed by atoms with Crippen molar-refractivity contribution in [1.82, 2.24) is 15.5 Å². The first kappa shape index (κ1) is 22.8. The third kappa shape index (κ3) is 5.61. The SMILES string of the molecule is Cc1cc(N[C@@H]2CC[C@@H](C(=O)OCCN)NC2)nnc1-c1ccc(C(F)(F)F)cc1O. The molecule has 1 saturated heterocycles. The summed E-state index contributed by atoms with van der Waals surface area (Å²) in [7, 11) is 0. The Labute approximate surface area is 177 Å². The van der Waals surface area contributed by atoms with Gasteiger partial charge in [0.25, 0.3) is 0 Å². The van der Waals surface area contributed by atoms with Gasteiger partial charge in [0.2, 0.25) is 0 Å². The number of halogens is 3. The lowest BCUT2D eigenvalue weighted by Gasteiger charge is -2.29. The smallest absolute Gasteiger partial charge is 0.416 e. The Hall–Kier alpha value is -2.92. The highest BCUT2D eigenvalue weighted by Gasteiger charge is 2.31. The number of hydrogen-bond donors (Lipinski definition) is 4. The van der Waals surface area contributed by atoms with Crippen molar-refractivity contribution < 1.29 is 27.8 Å². The van der Waals surface area contributed by atoms with Crippen LogP contribution in [0, 0.1) is 6.92 Å². The highest BCUT2D eigenvalue weighted by molar-refractivity contribution is 5.76. The number of aryl methyl sites for hydroxylation is 1. The average Bonchev–Trinajstić information content (AvgIpc) is 2.72. The molecule has 0 amide bonds. The summed E-state index contributed by atoms with van der Waals surface area (Å²) in [4.78, 5) is 11.9. The number of nitrogens with one attached hydrogen (secondary N) is 2. The first-order chi connectivity index (χ1) is 14.7. The summed E-state index contributed by atoms with van der Waals surface area (Å²) in [6, 6.07) is 4.09. The van der Waals surface area contributed by atoms with Crippen molar-refractivity contribution in [2.75, 3.05) is 25.0 Å². The number of aromatic hydroxyl groups is 1. The third-order valence-corrected chi connectivity index (χ3v) is 4.98. The van der Waals surface area contributed by atoms with E-state index >= 15 is 0 Å². The van der Waals surface area contributed by atoms with E-state index in [1.807, 2.05) is 0 Å². The van der Waals surface area contributed by atoms with Gasteiger partial charge in [0, 0.05) is 24.7 Å². The summed E-state index contributed by atoms with van der Waals surface area (Å²) >= 11 is 0. The number of esters is 1. The average molecular weight is 439 g/mol. The molecule has 1 fully saturated rings. The van der Waals surface area contributed by atoms with Gasteiger partial charge in [-0.1, -0.05) is 0 Å². The first-order valence-corrected chi connectivity index (χ1v) is 9.80. The molecule has 0 radical (unpaired) electrons.